The molecule has 0 atom stereocenters. The van der Waals surface area contributed by atoms with E-state index >= 15 is 0 Å². The monoisotopic (exact) mass is 224 g/mol. The van der Waals surface area contributed by atoms with Gasteiger partial charge in [-0.05, 0) is 31.9 Å². The number of aromatic hydroxyl groups is 1. The molecule has 1 aromatic carbocycles. The minimum atomic E-state index is -0.511. The van der Waals surface area contributed by atoms with Gasteiger partial charge >= 0.3 is 5.97 Å². The lowest BCUT2D eigenvalue weighted by atomic mass is 10.0. The van der Waals surface area contributed by atoms with Crippen molar-refractivity contribution in [3.63, 3.8) is 0 Å². The van der Waals surface area contributed by atoms with Crippen LogP contribution in [0.2, 0.25) is 0 Å². The van der Waals surface area contributed by atoms with E-state index in [0.717, 1.165) is 5.56 Å². The van der Waals surface area contributed by atoms with Gasteiger partial charge in [0.25, 0.3) is 0 Å². The number of methoxy groups -OCH3 is 1. The molecule has 1 aromatic rings. The van der Waals surface area contributed by atoms with Crippen LogP contribution in [0.3, 0.4) is 0 Å². The minimum absolute atomic E-state index is 0.113. The number of esters is 1. The lowest BCUT2D eigenvalue weighted by molar-refractivity contribution is 0.0522. The topological polar surface area (TPSA) is 55.8 Å². The Morgan fingerprint density at radius 1 is 1.38 bits per heavy atom. The number of carbonyl (C=O) groups excluding carboxylic acids is 1. The van der Waals surface area contributed by atoms with Gasteiger partial charge in [-0.1, -0.05) is 0 Å². The molecule has 0 aromatic heterocycles. The molecular weight excluding hydrogens is 208 g/mol. The molecule has 0 aliphatic rings. The average Bonchev–Trinajstić information content (AvgIpc) is 2.24. The molecule has 0 saturated heterocycles. The summed E-state index contributed by atoms with van der Waals surface area (Å²) in [5.41, 5.74) is 1.71. The summed E-state index contributed by atoms with van der Waals surface area (Å²) in [7, 11) is 1.52. The van der Waals surface area contributed by atoms with Gasteiger partial charge in [-0.3, -0.25) is 0 Å². The summed E-state index contributed by atoms with van der Waals surface area (Å²) < 4.78 is 9.97. The van der Waals surface area contributed by atoms with Crippen LogP contribution < -0.4 is 4.74 Å². The summed E-state index contributed by atoms with van der Waals surface area (Å²) >= 11 is 0. The molecule has 0 aliphatic heterocycles. The van der Waals surface area contributed by atoms with Gasteiger partial charge in [0.15, 0.2) is 0 Å². The van der Waals surface area contributed by atoms with E-state index in [1.54, 1.807) is 13.8 Å². The van der Waals surface area contributed by atoms with Crippen molar-refractivity contribution in [3.05, 3.63) is 22.8 Å². The second-order valence-electron chi connectivity index (χ2n) is 3.44. The molecule has 0 aliphatic carbocycles. The molecule has 1 N–H and O–H groups in total. The van der Waals surface area contributed by atoms with Crippen molar-refractivity contribution in [1.82, 2.24) is 0 Å². The molecule has 0 heterocycles. The van der Waals surface area contributed by atoms with Gasteiger partial charge < -0.3 is 14.6 Å². The first kappa shape index (κ1) is 12.4. The number of benzene rings is 1. The van der Waals surface area contributed by atoms with Crippen LogP contribution in [0.15, 0.2) is 6.07 Å². The average molecular weight is 224 g/mol. The third kappa shape index (κ3) is 2.10. The number of phenols is 1. The second-order valence-corrected chi connectivity index (χ2v) is 3.44. The third-order valence-corrected chi connectivity index (χ3v) is 2.53. The zero-order valence-electron chi connectivity index (χ0n) is 9.96. The van der Waals surface area contributed by atoms with Crippen molar-refractivity contribution in [2.24, 2.45) is 0 Å². The first-order valence-electron chi connectivity index (χ1n) is 5.07. The van der Waals surface area contributed by atoms with Crippen LogP contribution in [0.25, 0.3) is 0 Å². The molecule has 4 nitrogen and oxygen atoms in total. The lowest BCUT2D eigenvalue weighted by Gasteiger charge is -2.13. The van der Waals surface area contributed by atoms with Gasteiger partial charge in [-0.2, -0.15) is 0 Å². The van der Waals surface area contributed by atoms with E-state index in [1.165, 1.54) is 13.2 Å². The summed E-state index contributed by atoms with van der Waals surface area (Å²) in [6.07, 6.45) is 0. The first-order chi connectivity index (χ1) is 7.52. The Morgan fingerprint density at radius 2 is 2.00 bits per heavy atom. The number of hydrogen-bond donors (Lipinski definition) is 1. The lowest BCUT2D eigenvalue weighted by Crippen LogP contribution is -2.08. The van der Waals surface area contributed by atoms with E-state index < -0.39 is 5.97 Å². The number of rotatable bonds is 3. The highest BCUT2D eigenvalue weighted by Crippen LogP contribution is 2.32. The SMILES string of the molecule is CCOC(=O)c1c(O)cc(OC)c(C)c1C. The molecular formula is C12H16O4. The molecule has 1 rings (SSSR count). The maximum absolute atomic E-state index is 11.6. The van der Waals surface area contributed by atoms with Gasteiger partial charge in [0.1, 0.15) is 17.1 Å². The smallest absolute Gasteiger partial charge is 0.342 e. The van der Waals surface area contributed by atoms with E-state index in [4.69, 9.17) is 9.47 Å². The van der Waals surface area contributed by atoms with Crippen molar-refractivity contribution in [2.45, 2.75) is 20.8 Å². The molecule has 0 amide bonds. The number of hydrogen-bond acceptors (Lipinski definition) is 4. The fourth-order valence-electron chi connectivity index (χ4n) is 1.54. The largest absolute Gasteiger partial charge is 0.507 e. The van der Waals surface area contributed by atoms with Crippen molar-refractivity contribution in [1.29, 1.82) is 0 Å². The number of carbonyl (C=O) groups is 1. The minimum Gasteiger partial charge on any atom is -0.507 e. The highest BCUT2D eigenvalue weighted by atomic mass is 16.5. The van der Waals surface area contributed by atoms with E-state index in [2.05, 4.69) is 0 Å². The Labute approximate surface area is 94.8 Å². The van der Waals surface area contributed by atoms with Gasteiger partial charge in [0.2, 0.25) is 0 Å². The molecule has 16 heavy (non-hydrogen) atoms. The second kappa shape index (κ2) is 4.88. The number of phenolic OH excluding ortho intramolecular Hbond substituents is 1. The van der Waals surface area contributed by atoms with Crippen molar-refractivity contribution in [2.75, 3.05) is 13.7 Å². The summed E-state index contributed by atoms with van der Waals surface area (Å²) in [6.45, 7) is 5.59. The van der Waals surface area contributed by atoms with Gasteiger partial charge in [-0.15, -0.1) is 0 Å². The molecule has 0 spiro atoms. The van der Waals surface area contributed by atoms with Crippen molar-refractivity contribution in [3.8, 4) is 11.5 Å². The normalized spacial score (nSPS) is 10.0. The highest BCUT2D eigenvalue weighted by molar-refractivity contribution is 5.94. The molecule has 88 valence electrons. The Balaban J connectivity index is 3.30. The molecule has 0 bridgehead atoms. The highest BCUT2D eigenvalue weighted by Gasteiger charge is 2.19. The summed E-state index contributed by atoms with van der Waals surface area (Å²) in [5.74, 6) is -0.0651. The van der Waals surface area contributed by atoms with Crippen LogP contribution >= 0.6 is 0 Å². The molecule has 0 saturated carbocycles. The summed E-state index contributed by atoms with van der Waals surface area (Å²) in [5, 5.41) is 9.74. The third-order valence-electron chi connectivity index (χ3n) is 2.53. The van der Waals surface area contributed by atoms with Crippen LogP contribution in [0.5, 0.6) is 11.5 Å². The van der Waals surface area contributed by atoms with Crippen molar-refractivity contribution >= 4 is 5.97 Å². The van der Waals surface area contributed by atoms with Gasteiger partial charge in [0, 0.05) is 6.07 Å². The summed E-state index contributed by atoms with van der Waals surface area (Å²) in [4.78, 5) is 11.6. The molecule has 0 fully saturated rings. The maximum Gasteiger partial charge on any atom is 0.342 e. The Hall–Kier alpha value is -1.71. The summed E-state index contributed by atoms with van der Waals surface area (Å²) in [6, 6.07) is 1.43. The molecule has 0 radical (unpaired) electrons. The zero-order valence-corrected chi connectivity index (χ0v) is 9.96. The quantitative estimate of drug-likeness (QED) is 0.799. The van der Waals surface area contributed by atoms with E-state index in [1.807, 2.05) is 6.92 Å². The Bertz CT molecular complexity index is 410. The van der Waals surface area contributed by atoms with Crippen LogP contribution in [-0.4, -0.2) is 24.8 Å². The first-order valence-corrected chi connectivity index (χ1v) is 5.07. The Kier molecular flexibility index (Phi) is 3.77. The van der Waals surface area contributed by atoms with E-state index in [0.29, 0.717) is 11.3 Å². The van der Waals surface area contributed by atoms with Crippen LogP contribution in [-0.2, 0) is 4.74 Å². The van der Waals surface area contributed by atoms with Crippen molar-refractivity contribution < 1.29 is 19.4 Å². The number of ether oxygens (including phenoxy) is 2. The predicted octanol–water partition coefficient (Wildman–Crippen LogP) is 2.19. The Morgan fingerprint density at radius 3 is 2.50 bits per heavy atom. The van der Waals surface area contributed by atoms with Gasteiger partial charge in [-0.25, -0.2) is 4.79 Å². The van der Waals surface area contributed by atoms with Crippen LogP contribution in [0.4, 0.5) is 0 Å². The predicted molar refractivity (Wildman–Crippen MR) is 60.1 cm³/mol. The molecule has 0 unspecified atom stereocenters. The molecule has 4 heteroatoms. The van der Waals surface area contributed by atoms with E-state index in [-0.39, 0.29) is 17.9 Å². The van der Waals surface area contributed by atoms with Crippen LogP contribution in [0.1, 0.15) is 28.4 Å². The zero-order chi connectivity index (χ0) is 12.3. The van der Waals surface area contributed by atoms with Crippen LogP contribution in [0, 0.1) is 13.8 Å². The maximum atomic E-state index is 11.6. The van der Waals surface area contributed by atoms with Gasteiger partial charge in [0.05, 0.1) is 13.7 Å². The fourth-order valence-corrected chi connectivity index (χ4v) is 1.54. The fraction of sp³-hybridized carbons (Fsp3) is 0.417. The van der Waals surface area contributed by atoms with E-state index in [9.17, 15) is 9.90 Å². The standard InChI is InChI=1S/C12H16O4/c1-5-16-12(14)11-8(3)7(2)10(15-4)6-9(11)13/h6,13H,5H2,1-4H3.